The number of amides is 2. The summed E-state index contributed by atoms with van der Waals surface area (Å²) in [5.41, 5.74) is 1.70. The molecule has 2 amide bonds. The van der Waals surface area contributed by atoms with E-state index in [2.05, 4.69) is 30.6 Å². The van der Waals surface area contributed by atoms with Crippen molar-refractivity contribution in [3.8, 4) is 11.5 Å². The number of hydrogen-bond acceptors (Lipinski definition) is 6. The van der Waals surface area contributed by atoms with E-state index in [4.69, 9.17) is 0 Å². The van der Waals surface area contributed by atoms with E-state index in [1.807, 2.05) is 6.07 Å². The van der Waals surface area contributed by atoms with Gasteiger partial charge in [-0.1, -0.05) is 6.07 Å². The zero-order chi connectivity index (χ0) is 19.5. The molecule has 0 saturated heterocycles. The molecule has 1 aliphatic rings. The molecule has 140 valence electrons. The smallest absolute Gasteiger partial charge is 0.258 e. The van der Waals surface area contributed by atoms with Gasteiger partial charge in [-0.25, -0.2) is 4.98 Å². The molecule has 2 N–H and O–H groups in total. The number of anilines is 2. The van der Waals surface area contributed by atoms with Crippen LogP contribution in [0.5, 0.6) is 0 Å². The Bertz CT molecular complexity index is 1020. The Morgan fingerprint density at radius 1 is 0.964 bits per heavy atom. The summed E-state index contributed by atoms with van der Waals surface area (Å²) >= 11 is 0. The fourth-order valence-corrected chi connectivity index (χ4v) is 2.62. The van der Waals surface area contributed by atoms with Gasteiger partial charge in [-0.2, -0.15) is 9.97 Å². The Labute approximate surface area is 161 Å². The summed E-state index contributed by atoms with van der Waals surface area (Å²) in [5, 5.41) is 5.52. The molecular weight excluding hydrogens is 356 g/mol. The fourth-order valence-electron chi connectivity index (χ4n) is 2.62. The molecule has 0 atom stereocenters. The van der Waals surface area contributed by atoms with Gasteiger partial charge in [0.2, 0.25) is 11.9 Å². The molecule has 2 heterocycles. The first-order valence-corrected chi connectivity index (χ1v) is 8.95. The maximum Gasteiger partial charge on any atom is 0.258 e. The minimum Gasteiger partial charge on any atom is -0.326 e. The quantitative estimate of drug-likeness (QED) is 0.711. The van der Waals surface area contributed by atoms with Crippen LogP contribution in [0.25, 0.3) is 11.5 Å². The number of benzene rings is 1. The standard InChI is InChI=1S/C20H18N6O2/c1-12-22-17(16-4-2-3-11-21-16)25-20(23-12)26-19(28)14-7-9-15(10-8-14)24-18(27)13-5-6-13/h2-4,7-11,13H,5-6H2,1H3,(H,24,27)(H,22,23,25,26,28). The average Bonchev–Trinajstić information content (AvgIpc) is 3.54. The Morgan fingerprint density at radius 2 is 1.75 bits per heavy atom. The van der Waals surface area contributed by atoms with Crippen LogP contribution in [0.4, 0.5) is 11.6 Å². The van der Waals surface area contributed by atoms with Crippen molar-refractivity contribution in [2.45, 2.75) is 19.8 Å². The van der Waals surface area contributed by atoms with Crippen LogP contribution in [-0.4, -0.2) is 31.8 Å². The number of aromatic nitrogens is 4. The second-order valence-corrected chi connectivity index (χ2v) is 6.54. The van der Waals surface area contributed by atoms with Crippen molar-refractivity contribution >= 4 is 23.5 Å². The Hall–Kier alpha value is -3.68. The summed E-state index contributed by atoms with van der Waals surface area (Å²) in [6.45, 7) is 1.72. The summed E-state index contributed by atoms with van der Waals surface area (Å²) in [6, 6.07) is 12.1. The number of hydrogen-bond donors (Lipinski definition) is 2. The molecule has 1 aliphatic carbocycles. The van der Waals surface area contributed by atoms with Crippen LogP contribution in [0.15, 0.2) is 48.7 Å². The van der Waals surface area contributed by atoms with E-state index < -0.39 is 0 Å². The van der Waals surface area contributed by atoms with Gasteiger partial charge in [0.1, 0.15) is 11.5 Å². The Morgan fingerprint density at radius 3 is 2.43 bits per heavy atom. The van der Waals surface area contributed by atoms with Crippen molar-refractivity contribution in [3.05, 3.63) is 60.0 Å². The minimum absolute atomic E-state index is 0.0277. The van der Waals surface area contributed by atoms with E-state index in [9.17, 15) is 9.59 Å². The van der Waals surface area contributed by atoms with Crippen molar-refractivity contribution in [3.63, 3.8) is 0 Å². The monoisotopic (exact) mass is 374 g/mol. The molecule has 0 aliphatic heterocycles. The van der Waals surface area contributed by atoms with Gasteiger partial charge in [-0.3, -0.25) is 19.9 Å². The molecule has 4 rings (SSSR count). The SMILES string of the molecule is Cc1nc(NC(=O)c2ccc(NC(=O)C3CC3)cc2)nc(-c2ccccn2)n1. The van der Waals surface area contributed by atoms with Gasteiger partial charge in [-0.15, -0.1) is 0 Å². The summed E-state index contributed by atoms with van der Waals surface area (Å²) in [4.78, 5) is 41.2. The van der Waals surface area contributed by atoms with Gasteiger partial charge >= 0.3 is 0 Å². The van der Waals surface area contributed by atoms with Crippen molar-refractivity contribution < 1.29 is 9.59 Å². The molecule has 1 aromatic carbocycles. The first kappa shape index (κ1) is 17.7. The highest BCUT2D eigenvalue weighted by Gasteiger charge is 2.29. The molecule has 8 heteroatoms. The van der Waals surface area contributed by atoms with E-state index in [1.54, 1.807) is 49.5 Å². The predicted octanol–water partition coefficient (Wildman–Crippen LogP) is 2.84. The van der Waals surface area contributed by atoms with Crippen molar-refractivity contribution in [2.75, 3.05) is 10.6 Å². The molecule has 0 spiro atoms. The van der Waals surface area contributed by atoms with Crippen molar-refractivity contribution in [2.24, 2.45) is 5.92 Å². The lowest BCUT2D eigenvalue weighted by Crippen LogP contribution is -2.16. The van der Waals surface area contributed by atoms with Gasteiger partial charge in [-0.05, 0) is 56.2 Å². The minimum atomic E-state index is -0.349. The number of carbonyl (C=O) groups excluding carboxylic acids is 2. The summed E-state index contributed by atoms with van der Waals surface area (Å²) < 4.78 is 0. The lowest BCUT2D eigenvalue weighted by atomic mass is 10.2. The van der Waals surface area contributed by atoms with Gasteiger partial charge < -0.3 is 5.32 Å². The lowest BCUT2D eigenvalue weighted by molar-refractivity contribution is -0.117. The van der Waals surface area contributed by atoms with Gasteiger partial charge in [0.05, 0.1) is 0 Å². The summed E-state index contributed by atoms with van der Waals surface area (Å²) in [5.74, 6) is 0.829. The first-order chi connectivity index (χ1) is 13.6. The third-order valence-electron chi connectivity index (χ3n) is 4.23. The normalized spacial score (nSPS) is 13.0. The topological polar surface area (TPSA) is 110 Å². The Kier molecular flexibility index (Phi) is 4.76. The third-order valence-corrected chi connectivity index (χ3v) is 4.23. The maximum atomic E-state index is 12.5. The molecule has 28 heavy (non-hydrogen) atoms. The third kappa shape index (κ3) is 4.17. The molecule has 0 bridgehead atoms. The van der Waals surface area contributed by atoms with Gasteiger partial charge in [0.15, 0.2) is 5.82 Å². The fraction of sp³-hybridized carbons (Fsp3) is 0.200. The number of nitrogens with one attached hydrogen (secondary N) is 2. The first-order valence-electron chi connectivity index (χ1n) is 8.95. The lowest BCUT2D eigenvalue weighted by Gasteiger charge is -2.08. The highest BCUT2D eigenvalue weighted by Crippen LogP contribution is 2.30. The highest BCUT2D eigenvalue weighted by atomic mass is 16.2. The second-order valence-electron chi connectivity index (χ2n) is 6.54. The van der Waals surface area contributed by atoms with E-state index >= 15 is 0 Å². The molecule has 3 aromatic rings. The van der Waals surface area contributed by atoms with Gasteiger partial charge in [0, 0.05) is 23.4 Å². The molecule has 8 nitrogen and oxygen atoms in total. The summed E-state index contributed by atoms with van der Waals surface area (Å²) in [6.07, 6.45) is 3.53. The highest BCUT2D eigenvalue weighted by molar-refractivity contribution is 6.04. The molecule has 2 aromatic heterocycles. The summed E-state index contributed by atoms with van der Waals surface area (Å²) in [7, 11) is 0. The largest absolute Gasteiger partial charge is 0.326 e. The number of rotatable bonds is 5. The van der Waals surface area contributed by atoms with E-state index in [-0.39, 0.29) is 23.7 Å². The molecule has 0 radical (unpaired) electrons. The molecule has 1 fully saturated rings. The van der Waals surface area contributed by atoms with Crippen LogP contribution < -0.4 is 10.6 Å². The van der Waals surface area contributed by atoms with E-state index in [1.165, 1.54) is 0 Å². The van der Waals surface area contributed by atoms with Gasteiger partial charge in [0.25, 0.3) is 5.91 Å². The van der Waals surface area contributed by atoms with Crippen LogP contribution in [0.3, 0.4) is 0 Å². The molecule has 1 saturated carbocycles. The van der Waals surface area contributed by atoms with Crippen LogP contribution in [0, 0.1) is 12.8 Å². The van der Waals surface area contributed by atoms with Crippen LogP contribution in [0.1, 0.15) is 29.0 Å². The van der Waals surface area contributed by atoms with Crippen LogP contribution in [0.2, 0.25) is 0 Å². The maximum absolute atomic E-state index is 12.5. The Balaban J connectivity index is 1.47. The zero-order valence-electron chi connectivity index (χ0n) is 15.2. The number of carbonyl (C=O) groups is 2. The average molecular weight is 374 g/mol. The van der Waals surface area contributed by atoms with E-state index in [0.717, 1.165) is 12.8 Å². The van der Waals surface area contributed by atoms with Crippen molar-refractivity contribution in [1.82, 2.24) is 19.9 Å². The second kappa shape index (κ2) is 7.51. The number of pyridine rings is 1. The van der Waals surface area contributed by atoms with Crippen molar-refractivity contribution in [1.29, 1.82) is 0 Å². The zero-order valence-corrected chi connectivity index (χ0v) is 15.2. The number of nitrogens with zero attached hydrogens (tertiary/aromatic N) is 4. The van der Waals surface area contributed by atoms with Crippen LogP contribution in [-0.2, 0) is 4.79 Å². The molecule has 0 unspecified atom stereocenters. The molecular formula is C20H18N6O2. The predicted molar refractivity (Wildman–Crippen MR) is 104 cm³/mol. The number of aryl methyl sites for hydroxylation is 1. The van der Waals surface area contributed by atoms with E-state index in [0.29, 0.717) is 28.6 Å². The van der Waals surface area contributed by atoms with Crippen LogP contribution >= 0.6 is 0 Å².